The maximum Gasteiger partial charge on any atom is 0.263 e. The van der Waals surface area contributed by atoms with Crippen molar-refractivity contribution in [2.75, 3.05) is 4.72 Å². The molecule has 2 aromatic rings. The zero-order valence-corrected chi connectivity index (χ0v) is 12.9. The lowest BCUT2D eigenvalue weighted by Crippen LogP contribution is -2.13. The molecule has 2 aromatic carbocycles. The molecule has 0 aliphatic rings. The third kappa shape index (κ3) is 3.28. The highest BCUT2D eigenvalue weighted by Crippen LogP contribution is 2.27. The van der Waals surface area contributed by atoms with Gasteiger partial charge in [0.2, 0.25) is 0 Å². The minimum absolute atomic E-state index is 0.00876. The third-order valence-electron chi connectivity index (χ3n) is 2.36. The monoisotopic (exact) mass is 381 g/mol. The first-order valence-electron chi connectivity index (χ1n) is 5.22. The summed E-state index contributed by atoms with van der Waals surface area (Å²) in [6, 6.07) is 6.92. The van der Waals surface area contributed by atoms with Gasteiger partial charge in [0.1, 0.15) is 4.90 Å². The van der Waals surface area contributed by atoms with Crippen molar-refractivity contribution in [1.82, 2.24) is 0 Å². The lowest BCUT2D eigenvalue weighted by atomic mass is 10.3. The Hall–Kier alpha value is -1.18. The molecule has 0 atom stereocenters. The number of hydrogen-bond acceptors (Lipinski definition) is 2. The fourth-order valence-corrected chi connectivity index (χ4v) is 3.55. The van der Waals surface area contributed by atoms with Gasteiger partial charge in [-0.1, -0.05) is 27.5 Å². The second-order valence-corrected chi connectivity index (χ2v) is 6.78. The lowest BCUT2D eigenvalue weighted by molar-refractivity contribution is 0.509. The number of nitrogens with one attached hydrogen (secondary N) is 1. The molecule has 8 heteroatoms. The number of benzene rings is 2. The van der Waals surface area contributed by atoms with Gasteiger partial charge in [0.25, 0.3) is 10.0 Å². The summed E-state index contributed by atoms with van der Waals surface area (Å²) in [5.41, 5.74) is -0.0946. The van der Waals surface area contributed by atoms with E-state index in [1.165, 1.54) is 18.2 Å². The summed E-state index contributed by atoms with van der Waals surface area (Å²) in [5, 5.41) is 0.00876. The Morgan fingerprint density at radius 2 is 1.75 bits per heavy atom. The molecule has 106 valence electrons. The molecule has 0 spiro atoms. The maximum absolute atomic E-state index is 13.0. The van der Waals surface area contributed by atoms with E-state index >= 15 is 0 Å². The normalized spacial score (nSPS) is 11.4. The van der Waals surface area contributed by atoms with Crippen molar-refractivity contribution >= 4 is 43.2 Å². The van der Waals surface area contributed by atoms with Gasteiger partial charge in [-0.05, 0) is 30.3 Å². The van der Waals surface area contributed by atoms with E-state index in [9.17, 15) is 17.2 Å². The molecule has 0 saturated heterocycles. The third-order valence-corrected chi connectivity index (χ3v) is 4.71. The van der Waals surface area contributed by atoms with Crippen molar-refractivity contribution in [1.29, 1.82) is 0 Å². The summed E-state index contributed by atoms with van der Waals surface area (Å²) in [6.07, 6.45) is 0. The standard InChI is InChI=1S/C12H7BrClF2NO2S/c13-7-1-4-12(9(14)5-7)20(18,19)17-8-2-3-10(15)11(16)6-8/h1-6,17H. The molecule has 0 saturated carbocycles. The van der Waals surface area contributed by atoms with Gasteiger partial charge < -0.3 is 0 Å². The summed E-state index contributed by atoms with van der Waals surface area (Å²) in [6.45, 7) is 0. The largest absolute Gasteiger partial charge is 0.279 e. The summed E-state index contributed by atoms with van der Waals surface area (Å²) in [5.74, 6) is -2.21. The first-order valence-corrected chi connectivity index (χ1v) is 7.88. The molecule has 0 aromatic heterocycles. The van der Waals surface area contributed by atoms with Crippen molar-refractivity contribution in [2.45, 2.75) is 4.90 Å². The molecule has 0 heterocycles. The van der Waals surface area contributed by atoms with E-state index in [0.29, 0.717) is 4.47 Å². The molecule has 0 fully saturated rings. The highest BCUT2D eigenvalue weighted by atomic mass is 79.9. The van der Waals surface area contributed by atoms with Crippen LogP contribution in [0.2, 0.25) is 5.02 Å². The first kappa shape index (κ1) is 15.2. The van der Waals surface area contributed by atoms with Gasteiger partial charge in [-0.25, -0.2) is 17.2 Å². The van der Waals surface area contributed by atoms with Crippen molar-refractivity contribution in [3.05, 3.63) is 57.5 Å². The van der Waals surface area contributed by atoms with E-state index in [2.05, 4.69) is 20.7 Å². The van der Waals surface area contributed by atoms with Crippen LogP contribution >= 0.6 is 27.5 Å². The average Bonchev–Trinajstić information content (AvgIpc) is 2.33. The fraction of sp³-hybridized carbons (Fsp3) is 0. The van der Waals surface area contributed by atoms with Gasteiger partial charge in [-0.15, -0.1) is 0 Å². The van der Waals surface area contributed by atoms with Crippen LogP contribution in [-0.2, 0) is 10.0 Å². The summed E-state index contributed by atoms with van der Waals surface area (Å²) in [4.78, 5) is -0.160. The van der Waals surface area contributed by atoms with Crippen molar-refractivity contribution in [3.8, 4) is 0 Å². The molecule has 1 N–H and O–H groups in total. The van der Waals surface area contributed by atoms with Crippen molar-refractivity contribution in [3.63, 3.8) is 0 Å². The zero-order valence-electron chi connectivity index (χ0n) is 9.70. The van der Waals surface area contributed by atoms with E-state index in [0.717, 1.165) is 18.2 Å². The molecule has 3 nitrogen and oxygen atoms in total. The molecule has 2 rings (SSSR count). The van der Waals surface area contributed by atoms with Crippen LogP contribution in [0.4, 0.5) is 14.5 Å². The highest BCUT2D eigenvalue weighted by molar-refractivity contribution is 9.10. The number of rotatable bonds is 3. The van der Waals surface area contributed by atoms with Crippen LogP contribution in [0.5, 0.6) is 0 Å². The predicted octanol–water partition coefficient (Wildman–Crippen LogP) is 4.18. The Balaban J connectivity index is 2.38. The quantitative estimate of drug-likeness (QED) is 0.865. The number of halogens is 4. The van der Waals surface area contributed by atoms with Crippen molar-refractivity contribution in [2.24, 2.45) is 0 Å². The minimum atomic E-state index is -3.98. The van der Waals surface area contributed by atoms with Gasteiger partial charge in [0, 0.05) is 10.5 Å². The van der Waals surface area contributed by atoms with E-state index in [1.54, 1.807) is 0 Å². The number of anilines is 1. The lowest BCUT2D eigenvalue weighted by Gasteiger charge is -2.10. The van der Waals surface area contributed by atoms with E-state index in [1.807, 2.05) is 0 Å². The van der Waals surface area contributed by atoms with Crippen LogP contribution < -0.4 is 4.72 Å². The molecular weight excluding hydrogens is 376 g/mol. The van der Waals surface area contributed by atoms with Crippen LogP contribution in [-0.4, -0.2) is 8.42 Å². The van der Waals surface area contributed by atoms with Gasteiger partial charge in [0.15, 0.2) is 11.6 Å². The summed E-state index contributed by atoms with van der Waals surface area (Å²) < 4.78 is 52.8. The van der Waals surface area contributed by atoms with E-state index in [-0.39, 0.29) is 15.6 Å². The van der Waals surface area contributed by atoms with Crippen LogP contribution in [0.1, 0.15) is 0 Å². The highest BCUT2D eigenvalue weighted by Gasteiger charge is 2.18. The van der Waals surface area contributed by atoms with Crippen LogP contribution in [0.25, 0.3) is 0 Å². The van der Waals surface area contributed by atoms with Crippen LogP contribution in [0, 0.1) is 11.6 Å². The van der Waals surface area contributed by atoms with E-state index in [4.69, 9.17) is 11.6 Å². The zero-order chi connectivity index (χ0) is 14.9. The first-order chi connectivity index (χ1) is 9.29. The Labute approximate surface area is 127 Å². The second-order valence-electron chi connectivity index (χ2n) is 3.81. The average molecular weight is 383 g/mol. The fourth-order valence-electron chi connectivity index (χ4n) is 1.46. The molecule has 20 heavy (non-hydrogen) atoms. The van der Waals surface area contributed by atoms with Crippen LogP contribution in [0.15, 0.2) is 45.8 Å². The topological polar surface area (TPSA) is 46.2 Å². The smallest absolute Gasteiger partial charge is 0.263 e. The Morgan fingerprint density at radius 3 is 2.35 bits per heavy atom. The van der Waals surface area contributed by atoms with Crippen molar-refractivity contribution < 1.29 is 17.2 Å². The molecule has 0 amide bonds. The minimum Gasteiger partial charge on any atom is -0.279 e. The maximum atomic E-state index is 13.0. The van der Waals surface area contributed by atoms with Gasteiger partial charge in [0.05, 0.1) is 10.7 Å². The number of hydrogen-bond donors (Lipinski definition) is 1. The SMILES string of the molecule is O=S(=O)(Nc1ccc(F)c(F)c1)c1ccc(Br)cc1Cl. The van der Waals surface area contributed by atoms with Crippen LogP contribution in [0.3, 0.4) is 0 Å². The van der Waals surface area contributed by atoms with Gasteiger partial charge in [-0.3, -0.25) is 4.72 Å². The number of sulfonamides is 1. The van der Waals surface area contributed by atoms with Gasteiger partial charge in [-0.2, -0.15) is 0 Å². The molecular formula is C12H7BrClF2NO2S. The summed E-state index contributed by atoms with van der Waals surface area (Å²) in [7, 11) is -3.98. The predicted molar refractivity (Wildman–Crippen MR) is 76.3 cm³/mol. The molecule has 0 unspecified atom stereocenters. The van der Waals surface area contributed by atoms with Gasteiger partial charge >= 0.3 is 0 Å². The summed E-state index contributed by atoms with van der Waals surface area (Å²) >= 11 is 9.01. The van der Waals surface area contributed by atoms with E-state index < -0.39 is 21.7 Å². The Kier molecular flexibility index (Phi) is 4.31. The molecule has 0 aliphatic carbocycles. The Bertz CT molecular complexity index is 768. The molecule has 0 aliphatic heterocycles. The molecule has 0 bridgehead atoms. The molecule has 0 radical (unpaired) electrons. The second kappa shape index (κ2) is 5.67. The Morgan fingerprint density at radius 1 is 1.05 bits per heavy atom.